The van der Waals surface area contributed by atoms with E-state index in [1.54, 1.807) is 0 Å². The number of carbonyl (C=O) groups is 1. The molecule has 2 aromatic rings. The number of carbonyl (C=O) groups excluding carboxylic acids is 1. The minimum atomic E-state index is -0.680. The van der Waals surface area contributed by atoms with Crippen molar-refractivity contribution in [3.63, 3.8) is 0 Å². The van der Waals surface area contributed by atoms with Crippen LogP contribution in [0.3, 0.4) is 0 Å². The van der Waals surface area contributed by atoms with Crippen molar-refractivity contribution in [2.45, 2.75) is 6.42 Å². The van der Waals surface area contributed by atoms with E-state index in [9.17, 15) is 9.18 Å². The van der Waals surface area contributed by atoms with Crippen LogP contribution in [-0.4, -0.2) is 34.6 Å². The highest BCUT2D eigenvalue weighted by Crippen LogP contribution is 2.14. The fourth-order valence-electron chi connectivity index (χ4n) is 1.48. The van der Waals surface area contributed by atoms with Crippen molar-refractivity contribution >= 4 is 11.7 Å². The van der Waals surface area contributed by atoms with Gasteiger partial charge in [-0.3, -0.25) is 4.79 Å². The Morgan fingerprint density at radius 3 is 3.00 bits per heavy atom. The molecule has 2 N–H and O–H groups in total. The quantitative estimate of drug-likeness (QED) is 0.823. The summed E-state index contributed by atoms with van der Waals surface area (Å²) in [5.41, 5.74) is -0.0649. The van der Waals surface area contributed by atoms with Crippen LogP contribution in [0.5, 0.6) is 0 Å². The molecule has 0 bridgehead atoms. The van der Waals surface area contributed by atoms with Crippen molar-refractivity contribution in [1.29, 1.82) is 0 Å². The SMILES string of the molecule is CNc1nccc(C(=O)NCCc2ncno2)c1F. The van der Waals surface area contributed by atoms with Crippen molar-refractivity contribution in [2.75, 3.05) is 18.9 Å². The molecule has 1 amide bonds. The number of pyridine rings is 1. The molecule has 0 aromatic carbocycles. The summed E-state index contributed by atoms with van der Waals surface area (Å²) in [7, 11) is 1.53. The first kappa shape index (κ1) is 12.9. The number of aromatic nitrogens is 3. The lowest BCUT2D eigenvalue weighted by Crippen LogP contribution is -2.27. The van der Waals surface area contributed by atoms with Crippen LogP contribution < -0.4 is 10.6 Å². The van der Waals surface area contributed by atoms with Crippen molar-refractivity contribution in [3.05, 3.63) is 35.9 Å². The number of nitrogens with one attached hydrogen (secondary N) is 2. The van der Waals surface area contributed by atoms with Gasteiger partial charge >= 0.3 is 0 Å². The summed E-state index contributed by atoms with van der Waals surface area (Å²) in [6.45, 7) is 0.275. The van der Waals surface area contributed by atoms with Crippen LogP contribution in [0, 0.1) is 5.82 Å². The first-order valence-electron chi connectivity index (χ1n) is 5.58. The van der Waals surface area contributed by atoms with E-state index in [2.05, 4.69) is 25.8 Å². The lowest BCUT2D eigenvalue weighted by atomic mass is 10.2. The van der Waals surface area contributed by atoms with Crippen molar-refractivity contribution in [2.24, 2.45) is 0 Å². The molecular weight excluding hydrogens is 253 g/mol. The fourth-order valence-corrected chi connectivity index (χ4v) is 1.48. The largest absolute Gasteiger partial charge is 0.371 e. The van der Waals surface area contributed by atoms with Gasteiger partial charge in [-0.05, 0) is 6.07 Å². The van der Waals surface area contributed by atoms with Crippen LogP contribution in [0.1, 0.15) is 16.2 Å². The van der Waals surface area contributed by atoms with E-state index in [1.807, 2.05) is 0 Å². The zero-order valence-corrected chi connectivity index (χ0v) is 10.2. The van der Waals surface area contributed by atoms with Gasteiger partial charge in [-0.25, -0.2) is 9.37 Å². The molecule has 8 heteroatoms. The van der Waals surface area contributed by atoms with E-state index in [-0.39, 0.29) is 17.9 Å². The van der Waals surface area contributed by atoms with Gasteiger partial charge in [0.2, 0.25) is 5.89 Å². The Bertz CT molecular complexity index is 558. The molecule has 0 fully saturated rings. The smallest absolute Gasteiger partial charge is 0.254 e. The molecule has 0 aliphatic carbocycles. The van der Waals surface area contributed by atoms with Crippen molar-refractivity contribution < 1.29 is 13.7 Å². The Morgan fingerprint density at radius 2 is 2.32 bits per heavy atom. The van der Waals surface area contributed by atoms with Crippen LogP contribution in [0.2, 0.25) is 0 Å². The predicted octanol–water partition coefficient (Wildman–Crippen LogP) is 0.618. The first-order valence-corrected chi connectivity index (χ1v) is 5.58. The molecule has 0 unspecified atom stereocenters. The summed E-state index contributed by atoms with van der Waals surface area (Å²) >= 11 is 0. The van der Waals surface area contributed by atoms with Crippen LogP contribution in [0.15, 0.2) is 23.1 Å². The van der Waals surface area contributed by atoms with Gasteiger partial charge in [-0.15, -0.1) is 0 Å². The molecule has 2 heterocycles. The highest BCUT2D eigenvalue weighted by molar-refractivity contribution is 5.95. The zero-order chi connectivity index (χ0) is 13.7. The molecule has 0 aliphatic heterocycles. The highest BCUT2D eigenvalue weighted by Gasteiger charge is 2.15. The molecule has 0 spiro atoms. The molecule has 0 saturated heterocycles. The van der Waals surface area contributed by atoms with Gasteiger partial charge < -0.3 is 15.2 Å². The maximum atomic E-state index is 13.8. The van der Waals surface area contributed by atoms with Gasteiger partial charge in [-0.2, -0.15) is 4.98 Å². The average molecular weight is 265 g/mol. The maximum Gasteiger partial charge on any atom is 0.254 e. The molecule has 19 heavy (non-hydrogen) atoms. The summed E-state index contributed by atoms with van der Waals surface area (Å²) in [5.74, 6) is -0.757. The molecule has 2 rings (SSSR count). The van der Waals surface area contributed by atoms with Gasteiger partial charge in [0, 0.05) is 26.2 Å². The predicted molar refractivity (Wildman–Crippen MR) is 64.1 cm³/mol. The molecule has 2 aromatic heterocycles. The molecule has 7 nitrogen and oxygen atoms in total. The topological polar surface area (TPSA) is 92.9 Å². The Morgan fingerprint density at radius 1 is 1.47 bits per heavy atom. The van der Waals surface area contributed by atoms with Crippen LogP contribution >= 0.6 is 0 Å². The summed E-state index contributed by atoms with van der Waals surface area (Å²) in [6.07, 6.45) is 3.03. The summed E-state index contributed by atoms with van der Waals surface area (Å²) in [6, 6.07) is 1.32. The first-order chi connectivity index (χ1) is 9.22. The highest BCUT2D eigenvalue weighted by atomic mass is 19.1. The van der Waals surface area contributed by atoms with Gasteiger partial charge in [0.05, 0.1) is 5.56 Å². The van der Waals surface area contributed by atoms with E-state index in [0.717, 1.165) is 0 Å². The number of hydrogen-bond acceptors (Lipinski definition) is 6. The number of nitrogens with zero attached hydrogens (tertiary/aromatic N) is 3. The standard InChI is InChI=1S/C11H12FN5O2/c1-13-10-9(12)7(2-4-14-10)11(18)15-5-3-8-16-6-17-19-8/h2,4,6H,3,5H2,1H3,(H,13,14)(H,15,18). The van der Waals surface area contributed by atoms with E-state index >= 15 is 0 Å². The molecular formula is C11H12FN5O2. The second kappa shape index (κ2) is 5.89. The fraction of sp³-hybridized carbons (Fsp3) is 0.273. The van der Waals surface area contributed by atoms with E-state index in [4.69, 9.17) is 4.52 Å². The molecule has 100 valence electrons. The number of anilines is 1. The lowest BCUT2D eigenvalue weighted by Gasteiger charge is -2.07. The zero-order valence-electron chi connectivity index (χ0n) is 10.2. The van der Waals surface area contributed by atoms with Gasteiger partial charge in [0.25, 0.3) is 5.91 Å². The normalized spacial score (nSPS) is 10.2. The van der Waals surface area contributed by atoms with Gasteiger partial charge in [-0.1, -0.05) is 5.16 Å². The number of hydrogen-bond donors (Lipinski definition) is 2. The molecule has 0 aliphatic rings. The van der Waals surface area contributed by atoms with E-state index < -0.39 is 11.7 Å². The van der Waals surface area contributed by atoms with Gasteiger partial charge in [0.15, 0.2) is 18.0 Å². The lowest BCUT2D eigenvalue weighted by molar-refractivity contribution is 0.0949. The van der Waals surface area contributed by atoms with Crippen molar-refractivity contribution in [3.8, 4) is 0 Å². The maximum absolute atomic E-state index is 13.8. The minimum absolute atomic E-state index is 0.0320. The Kier molecular flexibility index (Phi) is 4.01. The summed E-state index contributed by atoms with van der Waals surface area (Å²) in [5, 5.41) is 8.58. The van der Waals surface area contributed by atoms with Crippen molar-refractivity contribution in [1.82, 2.24) is 20.4 Å². The Labute approximate surface area is 108 Å². The van der Waals surface area contributed by atoms with Crippen LogP contribution in [0.4, 0.5) is 10.2 Å². The van der Waals surface area contributed by atoms with E-state index in [0.29, 0.717) is 12.3 Å². The monoisotopic (exact) mass is 265 g/mol. The second-order valence-corrected chi connectivity index (χ2v) is 3.61. The third-order valence-electron chi connectivity index (χ3n) is 2.40. The van der Waals surface area contributed by atoms with Crippen LogP contribution in [-0.2, 0) is 6.42 Å². The van der Waals surface area contributed by atoms with E-state index in [1.165, 1.54) is 25.6 Å². The number of amides is 1. The molecule has 0 radical (unpaired) electrons. The number of halogens is 1. The summed E-state index contributed by atoms with van der Waals surface area (Å²) in [4.78, 5) is 19.4. The average Bonchev–Trinajstić information content (AvgIpc) is 2.92. The Balaban J connectivity index is 1.96. The third kappa shape index (κ3) is 3.03. The van der Waals surface area contributed by atoms with Gasteiger partial charge in [0.1, 0.15) is 0 Å². The third-order valence-corrected chi connectivity index (χ3v) is 2.40. The second-order valence-electron chi connectivity index (χ2n) is 3.61. The van der Waals surface area contributed by atoms with Crippen LogP contribution in [0.25, 0.3) is 0 Å². The summed E-state index contributed by atoms with van der Waals surface area (Å²) < 4.78 is 18.6. The Hall–Kier alpha value is -2.51. The molecule has 0 atom stereocenters. The minimum Gasteiger partial charge on any atom is -0.371 e. The number of rotatable bonds is 5. The molecule has 0 saturated carbocycles.